The van der Waals surface area contributed by atoms with Gasteiger partial charge in [0.2, 0.25) is 11.8 Å². The predicted octanol–water partition coefficient (Wildman–Crippen LogP) is 4.34. The Balaban J connectivity index is 1.69. The Kier molecular flexibility index (Phi) is 7.39. The molecule has 7 nitrogen and oxygen atoms in total. The van der Waals surface area contributed by atoms with Crippen LogP contribution in [0.4, 0.5) is 5.13 Å². The first-order valence-corrected chi connectivity index (χ1v) is 14.1. The standard InChI is InChI=1S/C27H43N3O4S/c1-25(2,3)15-21(33)28-24-29-23-17(13-22(34)30-11-7-6-8-12-30)26(4)10-9-20(32)27(5,16-31)19(26)14-18(23)35-24/h17,19-20,31-32H,6-16H2,1-5H3,(H,28,29,33). The number of fused-ring (bicyclic) bond motifs is 2. The van der Waals surface area contributed by atoms with Crippen LogP contribution in [-0.2, 0) is 16.0 Å². The first-order chi connectivity index (χ1) is 16.4. The normalized spacial score (nSPS) is 33.1. The molecule has 4 rings (SSSR count). The number of thiazole rings is 1. The molecule has 5 unspecified atom stereocenters. The van der Waals surface area contributed by atoms with E-state index in [2.05, 4.69) is 12.2 Å². The first kappa shape index (κ1) is 26.6. The topological polar surface area (TPSA) is 103 Å². The van der Waals surface area contributed by atoms with Gasteiger partial charge in [-0.2, -0.15) is 0 Å². The van der Waals surface area contributed by atoms with Crippen molar-refractivity contribution in [2.45, 2.75) is 98.0 Å². The highest BCUT2D eigenvalue weighted by atomic mass is 32.1. The molecule has 0 bridgehead atoms. The number of rotatable bonds is 5. The molecule has 5 atom stereocenters. The summed E-state index contributed by atoms with van der Waals surface area (Å²) < 4.78 is 0. The van der Waals surface area contributed by atoms with Crippen LogP contribution in [0.15, 0.2) is 0 Å². The fourth-order valence-electron chi connectivity index (χ4n) is 6.79. The lowest BCUT2D eigenvalue weighted by atomic mass is 9.47. The maximum absolute atomic E-state index is 13.5. The summed E-state index contributed by atoms with van der Waals surface area (Å²) >= 11 is 1.49. The molecule has 2 heterocycles. The van der Waals surface area contributed by atoms with Crippen LogP contribution in [0.2, 0.25) is 0 Å². The molecule has 2 aliphatic carbocycles. The SMILES string of the molecule is CC(C)(C)CC(=O)Nc1nc2c(s1)CC1C(C)(CO)C(O)CCC1(C)C2CC(=O)N1CCCCC1. The minimum absolute atomic E-state index is 0.0222. The van der Waals surface area contributed by atoms with Crippen molar-refractivity contribution < 1.29 is 19.8 Å². The number of aliphatic hydroxyl groups excluding tert-OH is 2. The molecule has 0 radical (unpaired) electrons. The van der Waals surface area contributed by atoms with Gasteiger partial charge in [-0.05, 0) is 55.3 Å². The summed E-state index contributed by atoms with van der Waals surface area (Å²) in [7, 11) is 0. The molecule has 8 heteroatoms. The molecule has 196 valence electrons. The number of hydrogen-bond donors (Lipinski definition) is 3. The lowest BCUT2D eigenvalue weighted by Crippen LogP contribution is -2.57. The molecule has 2 amide bonds. The number of nitrogens with zero attached hydrogens (tertiary/aromatic N) is 2. The summed E-state index contributed by atoms with van der Waals surface area (Å²) in [6.45, 7) is 11.9. The number of piperidine rings is 1. The van der Waals surface area contributed by atoms with E-state index in [0.29, 0.717) is 30.8 Å². The van der Waals surface area contributed by atoms with Crippen molar-refractivity contribution in [2.24, 2.45) is 22.2 Å². The second kappa shape index (κ2) is 9.75. The number of aromatic nitrogens is 1. The van der Waals surface area contributed by atoms with E-state index in [-0.39, 0.29) is 41.1 Å². The minimum atomic E-state index is -0.642. The van der Waals surface area contributed by atoms with Gasteiger partial charge in [-0.3, -0.25) is 9.59 Å². The van der Waals surface area contributed by atoms with Gasteiger partial charge in [-0.1, -0.05) is 34.6 Å². The van der Waals surface area contributed by atoms with Crippen LogP contribution < -0.4 is 5.32 Å². The van der Waals surface area contributed by atoms with Gasteiger partial charge in [-0.15, -0.1) is 11.3 Å². The molecule has 3 aliphatic rings. The summed E-state index contributed by atoms with van der Waals surface area (Å²) in [5, 5.41) is 24.9. The van der Waals surface area contributed by atoms with E-state index in [1.54, 1.807) is 0 Å². The molecule has 3 N–H and O–H groups in total. The van der Waals surface area contributed by atoms with Crippen LogP contribution in [0.25, 0.3) is 0 Å². The average molecular weight is 506 g/mol. The van der Waals surface area contributed by atoms with Crippen molar-refractivity contribution in [3.8, 4) is 0 Å². The summed E-state index contributed by atoms with van der Waals surface area (Å²) in [5.74, 6) is 0.0389. The molecule has 1 aromatic rings. The predicted molar refractivity (Wildman–Crippen MR) is 138 cm³/mol. The molecule has 2 fully saturated rings. The molecule has 1 saturated carbocycles. The van der Waals surface area contributed by atoms with Crippen LogP contribution in [0.5, 0.6) is 0 Å². The second-order valence-electron chi connectivity index (χ2n) is 12.8. The van der Waals surface area contributed by atoms with Gasteiger partial charge in [0.05, 0.1) is 18.4 Å². The maximum Gasteiger partial charge on any atom is 0.226 e. The Labute approximate surface area is 213 Å². The number of anilines is 1. The number of carbonyl (C=O) groups is 2. The zero-order valence-electron chi connectivity index (χ0n) is 22.0. The van der Waals surface area contributed by atoms with E-state index in [9.17, 15) is 19.8 Å². The van der Waals surface area contributed by atoms with Gasteiger partial charge in [0.25, 0.3) is 0 Å². The molecular formula is C27H43N3O4S. The third-order valence-electron chi connectivity index (χ3n) is 8.92. The lowest BCUT2D eigenvalue weighted by molar-refractivity contribution is -0.147. The lowest BCUT2D eigenvalue weighted by Gasteiger charge is -2.58. The molecular weight excluding hydrogens is 462 g/mol. The Hall–Kier alpha value is -1.51. The molecule has 1 aliphatic heterocycles. The van der Waals surface area contributed by atoms with Crippen molar-refractivity contribution in [3.05, 3.63) is 10.6 Å². The quantitative estimate of drug-likeness (QED) is 0.553. The fraction of sp³-hybridized carbons (Fsp3) is 0.815. The summed E-state index contributed by atoms with van der Waals surface area (Å²) in [6, 6.07) is 0. The maximum atomic E-state index is 13.5. The Morgan fingerprint density at radius 2 is 1.89 bits per heavy atom. The first-order valence-electron chi connectivity index (χ1n) is 13.2. The molecule has 1 aromatic heterocycles. The summed E-state index contributed by atoms with van der Waals surface area (Å²) in [4.78, 5) is 34.1. The molecule has 1 saturated heterocycles. The van der Waals surface area contributed by atoms with Gasteiger partial charge in [0.1, 0.15) is 0 Å². The highest BCUT2D eigenvalue weighted by Gasteiger charge is 2.59. The van der Waals surface area contributed by atoms with Gasteiger partial charge < -0.3 is 20.4 Å². The van der Waals surface area contributed by atoms with Gasteiger partial charge in [0.15, 0.2) is 5.13 Å². The van der Waals surface area contributed by atoms with Crippen molar-refractivity contribution >= 4 is 28.3 Å². The van der Waals surface area contributed by atoms with Gasteiger partial charge in [0, 0.05) is 42.1 Å². The smallest absolute Gasteiger partial charge is 0.226 e. The van der Waals surface area contributed by atoms with E-state index in [1.165, 1.54) is 17.8 Å². The number of aliphatic hydroxyl groups is 2. The van der Waals surface area contributed by atoms with Crippen LogP contribution in [-0.4, -0.2) is 57.7 Å². The Morgan fingerprint density at radius 3 is 2.51 bits per heavy atom. The number of amides is 2. The van der Waals surface area contributed by atoms with E-state index in [0.717, 1.165) is 42.9 Å². The molecule has 0 spiro atoms. The molecule has 0 aromatic carbocycles. The summed E-state index contributed by atoms with van der Waals surface area (Å²) in [6.07, 6.45) is 5.58. The highest BCUT2D eigenvalue weighted by Crippen LogP contribution is 2.63. The number of likely N-dealkylation sites (tertiary alicyclic amines) is 1. The largest absolute Gasteiger partial charge is 0.396 e. The monoisotopic (exact) mass is 505 g/mol. The number of nitrogens with one attached hydrogen (secondary N) is 1. The minimum Gasteiger partial charge on any atom is -0.396 e. The van der Waals surface area contributed by atoms with Crippen molar-refractivity contribution in [3.63, 3.8) is 0 Å². The third kappa shape index (κ3) is 5.16. The second-order valence-corrected chi connectivity index (χ2v) is 13.9. The van der Waals surface area contributed by atoms with Gasteiger partial charge in [-0.25, -0.2) is 4.98 Å². The van der Waals surface area contributed by atoms with Crippen molar-refractivity contribution in [1.29, 1.82) is 0 Å². The van der Waals surface area contributed by atoms with E-state index < -0.39 is 11.5 Å². The zero-order valence-corrected chi connectivity index (χ0v) is 22.8. The summed E-state index contributed by atoms with van der Waals surface area (Å²) in [5.41, 5.74) is -0.0970. The van der Waals surface area contributed by atoms with E-state index in [4.69, 9.17) is 4.98 Å². The van der Waals surface area contributed by atoms with Crippen molar-refractivity contribution in [2.75, 3.05) is 25.0 Å². The van der Waals surface area contributed by atoms with Crippen LogP contribution in [0, 0.1) is 22.2 Å². The van der Waals surface area contributed by atoms with Crippen molar-refractivity contribution in [1.82, 2.24) is 9.88 Å². The van der Waals surface area contributed by atoms with E-state index >= 15 is 0 Å². The molecule has 35 heavy (non-hydrogen) atoms. The Morgan fingerprint density at radius 1 is 1.20 bits per heavy atom. The number of carbonyl (C=O) groups excluding carboxylic acids is 2. The van der Waals surface area contributed by atoms with E-state index in [1.807, 2.05) is 32.6 Å². The fourth-order valence-corrected chi connectivity index (χ4v) is 7.88. The van der Waals surface area contributed by atoms with Crippen LogP contribution in [0.3, 0.4) is 0 Å². The third-order valence-corrected chi connectivity index (χ3v) is 9.93. The highest BCUT2D eigenvalue weighted by molar-refractivity contribution is 7.15. The number of hydrogen-bond acceptors (Lipinski definition) is 6. The van der Waals surface area contributed by atoms with Crippen LogP contribution in [0.1, 0.15) is 96.1 Å². The van der Waals surface area contributed by atoms with Crippen LogP contribution >= 0.6 is 11.3 Å². The Bertz CT molecular complexity index is 951. The van der Waals surface area contributed by atoms with Gasteiger partial charge >= 0.3 is 0 Å². The zero-order chi connectivity index (χ0) is 25.6. The average Bonchev–Trinajstić information content (AvgIpc) is 3.19.